The number of hydrogen-bond donors (Lipinski definition) is 1. The van der Waals surface area contributed by atoms with Crippen molar-refractivity contribution < 1.29 is 0 Å². The SMILES string of the molecule is CN(Cc1cccc(Br)c1)C(CN)c1cc(Cl)ccc1Cl. The molecule has 0 aliphatic heterocycles. The highest BCUT2D eigenvalue weighted by atomic mass is 79.9. The second-order valence-electron chi connectivity index (χ2n) is 4.96. The lowest BCUT2D eigenvalue weighted by Crippen LogP contribution is -2.30. The van der Waals surface area contributed by atoms with Crippen LogP contribution in [0, 0.1) is 0 Å². The Kier molecular flexibility index (Phi) is 6.08. The minimum atomic E-state index is 0.0233. The molecule has 2 N–H and O–H groups in total. The van der Waals surface area contributed by atoms with E-state index >= 15 is 0 Å². The molecule has 1 unspecified atom stereocenters. The van der Waals surface area contributed by atoms with Gasteiger partial charge in [0, 0.05) is 33.6 Å². The highest BCUT2D eigenvalue weighted by molar-refractivity contribution is 9.10. The third-order valence-corrected chi connectivity index (χ3v) is 4.47. The molecule has 0 aromatic heterocycles. The van der Waals surface area contributed by atoms with Crippen molar-refractivity contribution in [3.8, 4) is 0 Å². The van der Waals surface area contributed by atoms with Crippen LogP contribution in [0.1, 0.15) is 17.2 Å². The summed E-state index contributed by atoms with van der Waals surface area (Å²) in [5, 5.41) is 1.36. The molecule has 5 heteroatoms. The normalized spacial score (nSPS) is 12.7. The topological polar surface area (TPSA) is 29.3 Å². The Morgan fingerprint density at radius 1 is 1.19 bits per heavy atom. The van der Waals surface area contributed by atoms with Crippen LogP contribution in [0.15, 0.2) is 46.9 Å². The first-order valence-corrected chi connectivity index (χ1v) is 8.16. The molecule has 0 radical (unpaired) electrons. The van der Waals surface area contributed by atoms with Gasteiger partial charge in [-0.1, -0.05) is 51.3 Å². The number of hydrogen-bond acceptors (Lipinski definition) is 2. The number of likely N-dealkylation sites (N-methyl/N-ethyl adjacent to an activating group) is 1. The van der Waals surface area contributed by atoms with Crippen molar-refractivity contribution in [1.29, 1.82) is 0 Å². The molecular weight excluding hydrogens is 371 g/mol. The summed E-state index contributed by atoms with van der Waals surface area (Å²) < 4.78 is 1.07. The summed E-state index contributed by atoms with van der Waals surface area (Å²) in [7, 11) is 2.04. The van der Waals surface area contributed by atoms with Gasteiger partial charge in [0.2, 0.25) is 0 Å². The van der Waals surface area contributed by atoms with Gasteiger partial charge in [-0.25, -0.2) is 0 Å². The van der Waals surface area contributed by atoms with E-state index in [0.29, 0.717) is 16.6 Å². The average Bonchev–Trinajstić information content (AvgIpc) is 2.43. The maximum Gasteiger partial charge on any atom is 0.0486 e. The fourth-order valence-electron chi connectivity index (χ4n) is 2.35. The van der Waals surface area contributed by atoms with Crippen molar-refractivity contribution in [2.75, 3.05) is 13.6 Å². The predicted molar refractivity (Wildman–Crippen MR) is 93.9 cm³/mol. The highest BCUT2D eigenvalue weighted by Crippen LogP contribution is 2.30. The molecule has 0 saturated carbocycles. The van der Waals surface area contributed by atoms with Crippen LogP contribution < -0.4 is 5.73 Å². The summed E-state index contributed by atoms with van der Waals surface area (Å²) in [6, 6.07) is 13.7. The summed E-state index contributed by atoms with van der Waals surface area (Å²) >= 11 is 15.9. The monoisotopic (exact) mass is 386 g/mol. The molecule has 2 aromatic rings. The average molecular weight is 388 g/mol. The van der Waals surface area contributed by atoms with Crippen LogP contribution in [-0.4, -0.2) is 18.5 Å². The van der Waals surface area contributed by atoms with Crippen LogP contribution in [0.2, 0.25) is 10.0 Å². The van der Waals surface area contributed by atoms with Crippen molar-refractivity contribution >= 4 is 39.1 Å². The molecule has 112 valence electrons. The smallest absolute Gasteiger partial charge is 0.0486 e. The summed E-state index contributed by atoms with van der Waals surface area (Å²) in [5.74, 6) is 0. The highest BCUT2D eigenvalue weighted by Gasteiger charge is 2.19. The van der Waals surface area contributed by atoms with Crippen molar-refractivity contribution in [2.24, 2.45) is 5.73 Å². The molecule has 0 spiro atoms. The van der Waals surface area contributed by atoms with E-state index in [-0.39, 0.29) is 6.04 Å². The van der Waals surface area contributed by atoms with Gasteiger partial charge >= 0.3 is 0 Å². The Labute approximate surface area is 144 Å². The molecular formula is C16H17BrCl2N2. The van der Waals surface area contributed by atoms with Gasteiger partial charge in [0.25, 0.3) is 0 Å². The predicted octanol–water partition coefficient (Wildman–Crippen LogP) is 4.89. The first-order chi connectivity index (χ1) is 10.0. The van der Waals surface area contributed by atoms with Crippen LogP contribution >= 0.6 is 39.1 Å². The molecule has 2 rings (SSSR count). The van der Waals surface area contributed by atoms with Gasteiger partial charge in [0.05, 0.1) is 0 Å². The maximum atomic E-state index is 6.29. The lowest BCUT2D eigenvalue weighted by molar-refractivity contribution is 0.242. The van der Waals surface area contributed by atoms with Gasteiger partial charge in [-0.2, -0.15) is 0 Å². The first kappa shape index (κ1) is 16.8. The zero-order valence-electron chi connectivity index (χ0n) is 11.7. The van der Waals surface area contributed by atoms with Crippen molar-refractivity contribution in [1.82, 2.24) is 4.90 Å². The van der Waals surface area contributed by atoms with Crippen molar-refractivity contribution in [3.63, 3.8) is 0 Å². The molecule has 0 amide bonds. The number of benzene rings is 2. The first-order valence-electron chi connectivity index (χ1n) is 6.61. The Hall–Kier alpha value is -0.580. The number of halogens is 3. The zero-order valence-corrected chi connectivity index (χ0v) is 14.8. The van der Waals surface area contributed by atoms with Crippen LogP contribution in [0.5, 0.6) is 0 Å². The maximum absolute atomic E-state index is 6.29. The van der Waals surface area contributed by atoms with Crippen LogP contribution in [0.4, 0.5) is 0 Å². The fourth-order valence-corrected chi connectivity index (χ4v) is 3.22. The lowest BCUT2D eigenvalue weighted by atomic mass is 10.0. The Balaban J connectivity index is 2.22. The third kappa shape index (κ3) is 4.44. The second kappa shape index (κ2) is 7.61. The van der Waals surface area contributed by atoms with E-state index in [2.05, 4.69) is 33.0 Å². The summed E-state index contributed by atoms with van der Waals surface area (Å²) in [6.07, 6.45) is 0. The van der Waals surface area contributed by atoms with E-state index < -0.39 is 0 Å². The van der Waals surface area contributed by atoms with E-state index in [1.165, 1.54) is 5.56 Å². The van der Waals surface area contributed by atoms with Gasteiger partial charge in [0.1, 0.15) is 0 Å². The Morgan fingerprint density at radius 3 is 2.62 bits per heavy atom. The van der Waals surface area contributed by atoms with Gasteiger partial charge in [-0.05, 0) is 48.5 Å². The minimum absolute atomic E-state index is 0.0233. The molecule has 2 aromatic carbocycles. The van der Waals surface area contributed by atoms with Gasteiger partial charge in [-0.15, -0.1) is 0 Å². The molecule has 0 bridgehead atoms. The molecule has 0 aliphatic carbocycles. The molecule has 0 saturated heterocycles. The molecule has 2 nitrogen and oxygen atoms in total. The number of rotatable bonds is 5. The van der Waals surface area contributed by atoms with Crippen LogP contribution in [0.25, 0.3) is 0 Å². The van der Waals surface area contributed by atoms with Gasteiger partial charge in [-0.3, -0.25) is 4.90 Å². The zero-order chi connectivity index (χ0) is 15.4. The third-order valence-electron chi connectivity index (χ3n) is 3.39. The second-order valence-corrected chi connectivity index (χ2v) is 6.72. The van der Waals surface area contributed by atoms with Crippen LogP contribution in [-0.2, 0) is 6.54 Å². The summed E-state index contributed by atoms with van der Waals surface area (Å²) in [4.78, 5) is 2.18. The van der Waals surface area contributed by atoms with Crippen LogP contribution in [0.3, 0.4) is 0 Å². The van der Waals surface area contributed by atoms with E-state index in [0.717, 1.165) is 16.6 Å². The fraction of sp³-hybridized carbons (Fsp3) is 0.250. The van der Waals surface area contributed by atoms with Crippen molar-refractivity contribution in [3.05, 3.63) is 68.1 Å². The van der Waals surface area contributed by atoms with E-state index in [1.54, 1.807) is 6.07 Å². The quantitative estimate of drug-likeness (QED) is 0.791. The van der Waals surface area contributed by atoms with Gasteiger partial charge < -0.3 is 5.73 Å². The van der Waals surface area contributed by atoms with Crippen molar-refractivity contribution in [2.45, 2.75) is 12.6 Å². The molecule has 21 heavy (non-hydrogen) atoms. The van der Waals surface area contributed by atoms with E-state index in [9.17, 15) is 0 Å². The molecule has 0 heterocycles. The Morgan fingerprint density at radius 2 is 1.95 bits per heavy atom. The largest absolute Gasteiger partial charge is 0.329 e. The number of nitrogens with two attached hydrogens (primary N) is 1. The summed E-state index contributed by atoms with van der Waals surface area (Å²) in [5.41, 5.74) is 8.13. The van der Waals surface area contributed by atoms with Gasteiger partial charge in [0.15, 0.2) is 0 Å². The number of nitrogens with zero attached hydrogens (tertiary/aromatic N) is 1. The lowest BCUT2D eigenvalue weighted by Gasteiger charge is -2.28. The van der Waals surface area contributed by atoms with E-state index in [1.807, 2.05) is 31.3 Å². The molecule has 1 atom stereocenters. The Bertz CT molecular complexity index is 619. The minimum Gasteiger partial charge on any atom is -0.329 e. The molecule has 0 aliphatic rings. The summed E-state index contributed by atoms with van der Waals surface area (Å²) in [6.45, 7) is 1.26. The van der Waals surface area contributed by atoms with E-state index in [4.69, 9.17) is 28.9 Å². The standard InChI is InChI=1S/C16H17BrCl2N2/c1-21(10-11-3-2-4-12(17)7-11)16(9-20)14-8-13(18)5-6-15(14)19/h2-8,16H,9-10,20H2,1H3. The molecule has 0 fully saturated rings.